The summed E-state index contributed by atoms with van der Waals surface area (Å²) in [4.78, 5) is 22.5. The molecule has 1 aliphatic heterocycles. The number of halogens is 1. The maximum Gasteiger partial charge on any atom is 0.170 e. The van der Waals surface area contributed by atoms with Gasteiger partial charge in [0.05, 0.1) is 6.20 Å². The third-order valence-corrected chi connectivity index (χ3v) is 7.51. The van der Waals surface area contributed by atoms with Crippen LogP contribution in [0.4, 0.5) is 10.2 Å². The number of phenolic OH excluding ortho intramolecular Hbond substituents is 1. The smallest absolute Gasteiger partial charge is 0.170 e. The molecular formula is C27H24FN7OS. The molecule has 1 aromatic carbocycles. The first-order valence-corrected chi connectivity index (χ1v) is 13.0. The summed E-state index contributed by atoms with van der Waals surface area (Å²) in [7, 11) is 0. The monoisotopic (exact) mass is 513 g/mol. The second-order valence-electron chi connectivity index (χ2n) is 9.16. The Bertz CT molecular complexity index is 1640. The molecule has 4 aromatic heterocycles. The topological polar surface area (TPSA) is 102 Å². The Morgan fingerprint density at radius 3 is 2.73 bits per heavy atom. The van der Waals surface area contributed by atoms with Crippen molar-refractivity contribution in [2.45, 2.75) is 31.5 Å². The van der Waals surface area contributed by atoms with Gasteiger partial charge in [-0.05, 0) is 55.7 Å². The second kappa shape index (κ2) is 9.44. The van der Waals surface area contributed by atoms with E-state index in [2.05, 4.69) is 26.8 Å². The van der Waals surface area contributed by atoms with E-state index in [4.69, 9.17) is 15.0 Å². The van der Waals surface area contributed by atoms with Crippen molar-refractivity contribution in [2.24, 2.45) is 0 Å². The van der Waals surface area contributed by atoms with Gasteiger partial charge in [0, 0.05) is 53.6 Å². The van der Waals surface area contributed by atoms with Crippen LogP contribution in [0.25, 0.3) is 33.7 Å². The van der Waals surface area contributed by atoms with Crippen molar-refractivity contribution in [1.29, 1.82) is 0 Å². The molecule has 1 aliphatic rings. The van der Waals surface area contributed by atoms with Gasteiger partial charge in [-0.3, -0.25) is 14.5 Å². The molecule has 0 unspecified atom stereocenters. The predicted molar refractivity (Wildman–Crippen MR) is 142 cm³/mol. The predicted octanol–water partition coefficient (Wildman–Crippen LogP) is 5.42. The van der Waals surface area contributed by atoms with Crippen molar-refractivity contribution in [3.05, 3.63) is 72.1 Å². The van der Waals surface area contributed by atoms with Crippen LogP contribution in [0.3, 0.4) is 0 Å². The van der Waals surface area contributed by atoms with Crippen LogP contribution in [-0.2, 0) is 6.42 Å². The molecule has 0 aliphatic carbocycles. The Balaban J connectivity index is 1.31. The number of aromatic nitrogens is 6. The Hall–Kier alpha value is -4.05. The first-order chi connectivity index (χ1) is 18.0. The molecule has 2 N–H and O–H groups in total. The van der Waals surface area contributed by atoms with Crippen molar-refractivity contribution < 1.29 is 9.50 Å². The van der Waals surface area contributed by atoms with E-state index in [0.29, 0.717) is 35.7 Å². The molecule has 8 nitrogen and oxygen atoms in total. The summed E-state index contributed by atoms with van der Waals surface area (Å²) in [6.07, 6.45) is 6.95. The lowest BCUT2D eigenvalue weighted by Crippen LogP contribution is -2.09. The fourth-order valence-electron chi connectivity index (χ4n) is 4.51. The second-order valence-corrected chi connectivity index (χ2v) is 10.2. The summed E-state index contributed by atoms with van der Waals surface area (Å²) in [6, 6.07) is 9.24. The number of hydrogen-bond donors (Lipinski definition) is 2. The van der Waals surface area contributed by atoms with E-state index in [0.717, 1.165) is 45.0 Å². The number of hydrogen-bond acceptors (Lipinski definition) is 8. The lowest BCUT2D eigenvalue weighted by molar-refractivity contribution is 0.477. The lowest BCUT2D eigenvalue weighted by Gasteiger charge is -2.12. The average Bonchev–Trinajstić information content (AvgIpc) is 3.44. The Kier molecular flexibility index (Phi) is 5.96. The molecule has 5 aromatic rings. The number of nitrogens with zero attached hydrogens (tertiary/aromatic N) is 6. The highest BCUT2D eigenvalue weighted by atomic mass is 32.2. The van der Waals surface area contributed by atoms with Crippen LogP contribution in [0.1, 0.15) is 24.1 Å². The number of nitrogens with one attached hydrogen (secondary N) is 1. The Labute approximate surface area is 217 Å². The minimum Gasteiger partial charge on any atom is -0.507 e. The van der Waals surface area contributed by atoms with Crippen LogP contribution in [-0.4, -0.2) is 46.9 Å². The molecule has 10 heteroatoms. The largest absolute Gasteiger partial charge is 0.507 e. The number of anilines is 1. The number of thioether (sulfide) groups is 1. The fraction of sp³-hybridized carbons (Fsp3) is 0.222. The molecule has 0 saturated carbocycles. The van der Waals surface area contributed by atoms with E-state index in [1.54, 1.807) is 36.4 Å². The highest BCUT2D eigenvalue weighted by Gasteiger charge is 2.27. The van der Waals surface area contributed by atoms with Gasteiger partial charge in [-0.25, -0.2) is 19.3 Å². The van der Waals surface area contributed by atoms with Crippen LogP contribution in [0.5, 0.6) is 5.75 Å². The Morgan fingerprint density at radius 2 is 1.89 bits per heavy atom. The number of imidazole rings is 1. The van der Waals surface area contributed by atoms with Gasteiger partial charge in [0.25, 0.3) is 0 Å². The van der Waals surface area contributed by atoms with E-state index in [1.165, 1.54) is 6.07 Å². The van der Waals surface area contributed by atoms with Crippen molar-refractivity contribution in [3.63, 3.8) is 0 Å². The molecular weight excluding hydrogens is 489 g/mol. The first kappa shape index (κ1) is 23.4. The lowest BCUT2D eigenvalue weighted by atomic mass is 10.0. The number of phenols is 1. The van der Waals surface area contributed by atoms with Crippen LogP contribution in [0.15, 0.2) is 60.3 Å². The number of benzene rings is 1. The summed E-state index contributed by atoms with van der Waals surface area (Å²) < 4.78 is 16.0. The Morgan fingerprint density at radius 1 is 1.05 bits per heavy atom. The van der Waals surface area contributed by atoms with Gasteiger partial charge in [-0.15, -0.1) is 0 Å². The molecule has 5 heterocycles. The van der Waals surface area contributed by atoms with Crippen molar-refractivity contribution >= 4 is 28.7 Å². The molecule has 0 saturated heterocycles. The maximum atomic E-state index is 13.9. The number of pyridine rings is 2. The highest BCUT2D eigenvalue weighted by molar-refractivity contribution is 7.99. The van der Waals surface area contributed by atoms with Crippen LogP contribution < -0.4 is 5.32 Å². The van der Waals surface area contributed by atoms with Gasteiger partial charge in [-0.1, -0.05) is 17.8 Å². The molecule has 0 amide bonds. The van der Waals surface area contributed by atoms with Crippen molar-refractivity contribution in [2.75, 3.05) is 17.6 Å². The fourth-order valence-corrected chi connectivity index (χ4v) is 5.61. The number of aromatic hydroxyl groups is 1. The normalized spacial score (nSPS) is 14.7. The maximum absolute atomic E-state index is 13.9. The molecule has 6 rings (SSSR count). The molecule has 0 radical (unpaired) electrons. The molecule has 186 valence electrons. The molecule has 0 bridgehead atoms. The quantitative estimate of drug-likeness (QED) is 0.310. The van der Waals surface area contributed by atoms with Crippen LogP contribution in [0, 0.1) is 12.7 Å². The van der Waals surface area contributed by atoms with E-state index < -0.39 is 5.82 Å². The van der Waals surface area contributed by atoms with Gasteiger partial charge < -0.3 is 10.4 Å². The SMILES string of the molecule is Cc1cncc(-c2cc(CCNc3nc(-c4cncc(F)c4)nc4c3nc3n4[C@H](C)CS3)ccc2O)c1. The number of fused-ring (bicyclic) bond motifs is 3. The zero-order chi connectivity index (χ0) is 25.5. The molecule has 37 heavy (non-hydrogen) atoms. The summed E-state index contributed by atoms with van der Waals surface area (Å²) in [5, 5.41) is 14.8. The van der Waals surface area contributed by atoms with Crippen LogP contribution in [0.2, 0.25) is 0 Å². The number of rotatable bonds is 6. The van der Waals surface area contributed by atoms with E-state index in [-0.39, 0.29) is 11.8 Å². The van der Waals surface area contributed by atoms with E-state index >= 15 is 0 Å². The minimum absolute atomic E-state index is 0.217. The van der Waals surface area contributed by atoms with Gasteiger partial charge >= 0.3 is 0 Å². The third kappa shape index (κ3) is 4.48. The zero-order valence-electron chi connectivity index (χ0n) is 20.3. The van der Waals surface area contributed by atoms with Gasteiger partial charge in [0.15, 0.2) is 28.0 Å². The summed E-state index contributed by atoms with van der Waals surface area (Å²) in [5.41, 5.74) is 5.63. The average molecular weight is 514 g/mol. The van der Waals surface area contributed by atoms with Gasteiger partial charge in [0.2, 0.25) is 0 Å². The number of aryl methyl sites for hydroxylation is 1. The third-order valence-electron chi connectivity index (χ3n) is 6.32. The molecule has 0 spiro atoms. The zero-order valence-corrected chi connectivity index (χ0v) is 21.1. The van der Waals surface area contributed by atoms with Gasteiger partial charge in [0.1, 0.15) is 11.6 Å². The summed E-state index contributed by atoms with van der Waals surface area (Å²) in [6.45, 7) is 4.69. The molecule has 1 atom stereocenters. The van der Waals surface area contributed by atoms with E-state index in [1.807, 2.05) is 25.1 Å². The van der Waals surface area contributed by atoms with E-state index in [9.17, 15) is 9.50 Å². The van der Waals surface area contributed by atoms with Crippen LogP contribution >= 0.6 is 11.8 Å². The first-order valence-electron chi connectivity index (χ1n) is 12.0. The van der Waals surface area contributed by atoms with Crippen molar-refractivity contribution in [3.8, 4) is 28.3 Å². The van der Waals surface area contributed by atoms with Gasteiger partial charge in [-0.2, -0.15) is 0 Å². The highest BCUT2D eigenvalue weighted by Crippen LogP contribution is 2.38. The summed E-state index contributed by atoms with van der Waals surface area (Å²) >= 11 is 1.69. The summed E-state index contributed by atoms with van der Waals surface area (Å²) in [5.74, 6) is 1.70. The minimum atomic E-state index is -0.440. The standard InChI is InChI=1S/C27H24FN7OS/c1-15-7-18(11-29-10-15)21-8-17(3-4-22(21)36)5-6-31-25-23-26(35-16(2)14-37-27(35)32-23)34-24(33-25)19-9-20(28)13-30-12-19/h3-4,7-13,16,36H,5-6,14H2,1-2H3,(H,31,33,34)/t16-/m1/s1. The van der Waals surface area contributed by atoms with Crippen molar-refractivity contribution in [1.82, 2.24) is 29.5 Å². The molecule has 0 fully saturated rings.